The van der Waals surface area contributed by atoms with Crippen LogP contribution in [-0.2, 0) is 9.59 Å². The lowest BCUT2D eigenvalue weighted by Crippen LogP contribution is -2.56. The van der Waals surface area contributed by atoms with E-state index in [1.165, 1.54) is 0 Å². The zero-order chi connectivity index (χ0) is 8.27. The lowest BCUT2D eigenvalue weighted by Gasteiger charge is -2.22. The van der Waals surface area contributed by atoms with Crippen LogP contribution in [0.25, 0.3) is 0 Å². The average molecular weight is 221 g/mol. The van der Waals surface area contributed by atoms with Crippen LogP contribution in [0.5, 0.6) is 0 Å². The molecule has 2 amide bonds. The molecule has 0 aromatic heterocycles. The summed E-state index contributed by atoms with van der Waals surface area (Å²) in [7, 11) is 0. The Labute approximate surface area is 72.8 Å². The van der Waals surface area contributed by atoms with Crippen molar-refractivity contribution in [3.63, 3.8) is 0 Å². The van der Waals surface area contributed by atoms with Crippen LogP contribution >= 0.6 is 15.9 Å². The molecule has 5 heteroatoms. The van der Waals surface area contributed by atoms with Crippen molar-refractivity contribution in [2.24, 2.45) is 0 Å². The van der Waals surface area contributed by atoms with Crippen molar-refractivity contribution in [2.45, 2.75) is 12.5 Å². The SMILES string of the molecule is O=C1CNC(=O)[C@H](CCBr)N1. The molecule has 1 aliphatic heterocycles. The first-order valence-corrected chi connectivity index (χ1v) is 4.49. The summed E-state index contributed by atoms with van der Waals surface area (Å²) in [6, 6.07) is -0.351. The normalized spacial score (nSPS) is 24.3. The van der Waals surface area contributed by atoms with Crippen molar-refractivity contribution in [1.82, 2.24) is 10.6 Å². The molecule has 1 aliphatic rings. The molecule has 1 saturated heterocycles. The van der Waals surface area contributed by atoms with E-state index in [-0.39, 0.29) is 24.4 Å². The van der Waals surface area contributed by atoms with Crippen LogP contribution in [0.4, 0.5) is 0 Å². The predicted molar refractivity (Wildman–Crippen MR) is 43.4 cm³/mol. The van der Waals surface area contributed by atoms with E-state index < -0.39 is 0 Å². The first-order valence-electron chi connectivity index (χ1n) is 3.37. The Morgan fingerprint density at radius 2 is 2.27 bits per heavy atom. The van der Waals surface area contributed by atoms with E-state index in [1.807, 2.05) is 0 Å². The third-order valence-electron chi connectivity index (χ3n) is 1.47. The first kappa shape index (κ1) is 8.52. The third kappa shape index (κ3) is 2.18. The molecule has 0 radical (unpaired) electrons. The fourth-order valence-electron chi connectivity index (χ4n) is 0.914. The standard InChI is InChI=1S/C6H9BrN2O2/c7-2-1-4-6(11)8-3-5(10)9-4/h4H,1-3H2,(H,8,11)(H,9,10)/t4-/m0/s1. The molecule has 1 heterocycles. The molecule has 2 N–H and O–H groups in total. The van der Waals surface area contributed by atoms with Gasteiger partial charge >= 0.3 is 0 Å². The summed E-state index contributed by atoms with van der Waals surface area (Å²) in [4.78, 5) is 21.7. The van der Waals surface area contributed by atoms with Gasteiger partial charge in [0.1, 0.15) is 6.04 Å². The van der Waals surface area contributed by atoms with Gasteiger partial charge in [0.15, 0.2) is 0 Å². The number of carbonyl (C=O) groups excluding carboxylic acids is 2. The van der Waals surface area contributed by atoms with E-state index in [9.17, 15) is 9.59 Å². The first-order chi connectivity index (χ1) is 5.24. The van der Waals surface area contributed by atoms with Gasteiger partial charge in [-0.3, -0.25) is 9.59 Å². The van der Waals surface area contributed by atoms with E-state index in [1.54, 1.807) is 0 Å². The minimum Gasteiger partial charge on any atom is -0.345 e. The molecule has 4 nitrogen and oxygen atoms in total. The second-order valence-electron chi connectivity index (χ2n) is 2.32. The summed E-state index contributed by atoms with van der Waals surface area (Å²) in [5.74, 6) is -0.209. The van der Waals surface area contributed by atoms with E-state index >= 15 is 0 Å². The number of carbonyl (C=O) groups is 2. The van der Waals surface area contributed by atoms with Gasteiger partial charge in [0.05, 0.1) is 6.54 Å². The Bertz CT molecular complexity index is 183. The summed E-state index contributed by atoms with van der Waals surface area (Å²) in [5, 5.41) is 5.79. The van der Waals surface area contributed by atoms with Crippen molar-refractivity contribution < 1.29 is 9.59 Å². The smallest absolute Gasteiger partial charge is 0.243 e. The molecule has 11 heavy (non-hydrogen) atoms. The van der Waals surface area contributed by atoms with Crippen molar-refractivity contribution >= 4 is 27.7 Å². The van der Waals surface area contributed by atoms with Crippen molar-refractivity contribution in [3.8, 4) is 0 Å². The lowest BCUT2D eigenvalue weighted by molar-refractivity contribution is -0.133. The summed E-state index contributed by atoms with van der Waals surface area (Å²) in [5.41, 5.74) is 0. The molecule has 0 unspecified atom stereocenters. The van der Waals surface area contributed by atoms with Gasteiger partial charge in [-0.15, -0.1) is 0 Å². The number of halogens is 1. The number of nitrogens with one attached hydrogen (secondary N) is 2. The molecule has 62 valence electrons. The van der Waals surface area contributed by atoms with E-state index in [0.29, 0.717) is 11.8 Å². The van der Waals surface area contributed by atoms with Gasteiger partial charge in [-0.2, -0.15) is 0 Å². The number of hydrogen-bond donors (Lipinski definition) is 2. The largest absolute Gasteiger partial charge is 0.345 e. The maximum absolute atomic E-state index is 11.0. The van der Waals surface area contributed by atoms with Crippen molar-refractivity contribution in [1.29, 1.82) is 0 Å². The molecule has 0 aliphatic carbocycles. The Balaban J connectivity index is 2.47. The Kier molecular flexibility index (Phi) is 2.87. The topological polar surface area (TPSA) is 58.2 Å². The highest BCUT2D eigenvalue weighted by molar-refractivity contribution is 9.09. The fraction of sp³-hybridized carbons (Fsp3) is 0.667. The maximum atomic E-state index is 11.0. The van der Waals surface area contributed by atoms with Gasteiger partial charge in [0.25, 0.3) is 0 Å². The van der Waals surface area contributed by atoms with Crippen LogP contribution in [-0.4, -0.2) is 29.7 Å². The zero-order valence-electron chi connectivity index (χ0n) is 5.89. The highest BCUT2D eigenvalue weighted by Crippen LogP contribution is 1.98. The van der Waals surface area contributed by atoms with Crippen LogP contribution in [0.2, 0.25) is 0 Å². The summed E-state index contributed by atoms with van der Waals surface area (Å²) in [6.07, 6.45) is 0.636. The van der Waals surface area contributed by atoms with E-state index in [2.05, 4.69) is 26.6 Å². The highest BCUT2D eigenvalue weighted by atomic mass is 79.9. The van der Waals surface area contributed by atoms with Crippen molar-refractivity contribution in [3.05, 3.63) is 0 Å². The minimum atomic E-state index is -0.351. The maximum Gasteiger partial charge on any atom is 0.243 e. The van der Waals surface area contributed by atoms with Gasteiger partial charge < -0.3 is 10.6 Å². The second kappa shape index (κ2) is 3.71. The lowest BCUT2D eigenvalue weighted by atomic mass is 10.2. The molecule has 0 aromatic rings. The number of hydrogen-bond acceptors (Lipinski definition) is 2. The Morgan fingerprint density at radius 1 is 1.55 bits per heavy atom. The highest BCUT2D eigenvalue weighted by Gasteiger charge is 2.24. The summed E-state index contributed by atoms with van der Waals surface area (Å²) >= 11 is 3.20. The molecular formula is C6H9BrN2O2. The predicted octanol–water partition coefficient (Wildman–Crippen LogP) is -0.614. The molecular weight excluding hydrogens is 212 g/mol. The van der Waals surface area contributed by atoms with Gasteiger partial charge in [-0.05, 0) is 6.42 Å². The van der Waals surface area contributed by atoms with Crippen LogP contribution in [0.15, 0.2) is 0 Å². The third-order valence-corrected chi connectivity index (χ3v) is 1.93. The molecule has 0 aromatic carbocycles. The minimum absolute atomic E-state index is 0.0935. The van der Waals surface area contributed by atoms with Gasteiger partial charge in [-0.1, -0.05) is 15.9 Å². The monoisotopic (exact) mass is 220 g/mol. The molecule has 1 fully saturated rings. The van der Waals surface area contributed by atoms with Crippen LogP contribution in [0, 0.1) is 0 Å². The zero-order valence-corrected chi connectivity index (χ0v) is 7.48. The summed E-state index contributed by atoms with van der Waals surface area (Å²) < 4.78 is 0. The van der Waals surface area contributed by atoms with Gasteiger partial charge in [0.2, 0.25) is 11.8 Å². The van der Waals surface area contributed by atoms with Crippen LogP contribution in [0.3, 0.4) is 0 Å². The van der Waals surface area contributed by atoms with Crippen molar-refractivity contribution in [2.75, 3.05) is 11.9 Å². The van der Waals surface area contributed by atoms with Crippen LogP contribution < -0.4 is 10.6 Å². The molecule has 1 rings (SSSR count). The molecule has 0 spiro atoms. The van der Waals surface area contributed by atoms with Gasteiger partial charge in [0, 0.05) is 5.33 Å². The van der Waals surface area contributed by atoms with E-state index in [4.69, 9.17) is 0 Å². The van der Waals surface area contributed by atoms with E-state index in [0.717, 1.165) is 0 Å². The second-order valence-corrected chi connectivity index (χ2v) is 3.11. The number of piperazine rings is 1. The summed E-state index contributed by atoms with van der Waals surface area (Å²) in [6.45, 7) is 0.109. The Morgan fingerprint density at radius 3 is 2.91 bits per heavy atom. The molecule has 0 bridgehead atoms. The number of amides is 2. The quantitative estimate of drug-likeness (QED) is 0.611. The Hall–Kier alpha value is -0.580. The molecule has 1 atom stereocenters. The average Bonchev–Trinajstić information content (AvgIpc) is 1.98. The number of alkyl halides is 1. The van der Waals surface area contributed by atoms with Crippen LogP contribution in [0.1, 0.15) is 6.42 Å². The fourth-order valence-corrected chi connectivity index (χ4v) is 1.37. The molecule has 0 saturated carbocycles. The van der Waals surface area contributed by atoms with Gasteiger partial charge in [-0.25, -0.2) is 0 Å². The number of rotatable bonds is 2.